The molecule has 0 unspecified atom stereocenters. The molecule has 2 bridgehead atoms. The third kappa shape index (κ3) is 6.07. The van der Waals surface area contributed by atoms with Crippen LogP contribution in [-0.2, 0) is 9.59 Å². The molecule has 5 rings (SSSR count). The van der Waals surface area contributed by atoms with Gasteiger partial charge in [-0.25, -0.2) is 9.37 Å². The molecular weight excluding hydrogens is 503 g/mol. The van der Waals surface area contributed by atoms with Gasteiger partial charge in [-0.15, -0.1) is 0 Å². The molecule has 11 heteroatoms. The van der Waals surface area contributed by atoms with Crippen molar-refractivity contribution in [1.29, 1.82) is 0 Å². The summed E-state index contributed by atoms with van der Waals surface area (Å²) in [6, 6.07) is 3.16. The van der Waals surface area contributed by atoms with Crippen LogP contribution in [-0.4, -0.2) is 69.1 Å². The summed E-state index contributed by atoms with van der Waals surface area (Å²) in [5.41, 5.74) is 0.824. The Balaban J connectivity index is 1.21. The summed E-state index contributed by atoms with van der Waals surface area (Å²) in [5, 5.41) is 13.3. The average Bonchev–Trinajstić information content (AvgIpc) is 3.51. The maximum Gasteiger partial charge on any atom is 0.274 e. The van der Waals surface area contributed by atoms with E-state index in [0.29, 0.717) is 25.0 Å². The zero-order chi connectivity index (χ0) is 27.5. The number of rotatable bonds is 5. The number of ether oxygens (including phenoxy) is 1. The van der Waals surface area contributed by atoms with Gasteiger partial charge in [-0.05, 0) is 64.4 Å². The number of fused-ring (bicyclic) bond motifs is 2. The Bertz CT molecular complexity index is 1200. The molecule has 3 amide bonds. The van der Waals surface area contributed by atoms with Gasteiger partial charge in [-0.1, -0.05) is 6.42 Å². The lowest BCUT2D eigenvalue weighted by Crippen LogP contribution is -2.50. The molecule has 10 nitrogen and oxygen atoms in total. The number of methoxy groups -OCH3 is 1. The maximum absolute atomic E-state index is 14.4. The molecule has 39 heavy (non-hydrogen) atoms. The van der Waals surface area contributed by atoms with E-state index in [9.17, 15) is 18.8 Å². The molecule has 0 aromatic carbocycles. The van der Waals surface area contributed by atoms with E-state index in [4.69, 9.17) is 4.74 Å². The van der Waals surface area contributed by atoms with Crippen molar-refractivity contribution in [2.45, 2.75) is 95.3 Å². The van der Waals surface area contributed by atoms with Crippen LogP contribution in [0.3, 0.4) is 0 Å². The number of nitrogens with one attached hydrogen (secondary N) is 3. The highest BCUT2D eigenvalue weighted by atomic mass is 19.1. The van der Waals surface area contributed by atoms with Crippen LogP contribution in [0.4, 0.5) is 4.39 Å². The van der Waals surface area contributed by atoms with Gasteiger partial charge in [0.25, 0.3) is 5.91 Å². The fraction of sp³-hybridized carbons (Fsp3) is 0.607. The number of amides is 3. The molecule has 3 fully saturated rings. The first-order valence-corrected chi connectivity index (χ1v) is 14.0. The van der Waals surface area contributed by atoms with Gasteiger partial charge >= 0.3 is 0 Å². The molecule has 3 N–H and O–H groups in total. The van der Waals surface area contributed by atoms with E-state index in [0.717, 1.165) is 51.1 Å². The molecule has 2 aromatic heterocycles. The molecule has 0 saturated carbocycles. The smallest absolute Gasteiger partial charge is 0.274 e. The quantitative estimate of drug-likeness (QED) is 0.534. The van der Waals surface area contributed by atoms with Crippen molar-refractivity contribution >= 4 is 17.7 Å². The first kappa shape index (κ1) is 27.1. The van der Waals surface area contributed by atoms with E-state index in [-0.39, 0.29) is 64.9 Å². The molecule has 0 aliphatic carbocycles. The standard InChI is InChI=1S/C28H37FN6O4/c1-16-7-8-18(5-3-4-6-25(36)31-16)32-27(37)17-11-19-9-10-20(12-17)35(19)28(38)24-14-23(33-34-24)21-13-26(39-2)30-15-22(21)29/h13-20H,3-12H2,1-2H3,(H,31,36)(H,32,37)(H,33,34)/t16-,17-,18-,19-,20+/m1/s1. The summed E-state index contributed by atoms with van der Waals surface area (Å²) in [7, 11) is 1.45. The van der Waals surface area contributed by atoms with Gasteiger partial charge in [0.15, 0.2) is 11.5 Å². The van der Waals surface area contributed by atoms with E-state index in [1.807, 2.05) is 11.8 Å². The molecular formula is C28H37FN6O4. The molecule has 0 radical (unpaired) electrons. The topological polar surface area (TPSA) is 129 Å². The molecule has 3 saturated heterocycles. The number of pyridine rings is 1. The Hall–Kier alpha value is -3.50. The van der Waals surface area contributed by atoms with Crippen LogP contribution in [0.15, 0.2) is 18.3 Å². The maximum atomic E-state index is 14.4. The van der Waals surface area contributed by atoms with Gasteiger partial charge < -0.3 is 20.3 Å². The van der Waals surface area contributed by atoms with Gasteiger partial charge in [0, 0.05) is 48.1 Å². The Kier molecular flexibility index (Phi) is 8.13. The second kappa shape index (κ2) is 11.7. The zero-order valence-electron chi connectivity index (χ0n) is 22.5. The van der Waals surface area contributed by atoms with Crippen molar-refractivity contribution in [3.8, 4) is 17.1 Å². The summed E-state index contributed by atoms with van der Waals surface area (Å²) in [6.07, 6.45) is 8.85. The normalized spacial score (nSPS) is 27.5. The molecule has 210 valence electrons. The number of nitrogens with zero attached hydrogens (tertiary/aromatic N) is 3. The largest absolute Gasteiger partial charge is 0.481 e. The third-order valence-electron chi connectivity index (χ3n) is 8.37. The van der Waals surface area contributed by atoms with Crippen molar-refractivity contribution in [3.05, 3.63) is 29.8 Å². The van der Waals surface area contributed by atoms with Crippen LogP contribution in [0.2, 0.25) is 0 Å². The Labute approximate surface area is 227 Å². The zero-order valence-corrected chi connectivity index (χ0v) is 22.5. The fourth-order valence-corrected chi connectivity index (χ4v) is 6.32. The van der Waals surface area contributed by atoms with Crippen LogP contribution in [0.1, 0.15) is 81.6 Å². The van der Waals surface area contributed by atoms with Crippen molar-refractivity contribution < 1.29 is 23.5 Å². The SMILES string of the molecule is COc1cc(-c2cc(C(=O)N3[C@@H]4CC[C@H]3C[C@H](C(=O)N[C@@H]3CCCCC(=O)N[C@H](C)CC3)C4)n[nH]2)c(F)cn1. The van der Waals surface area contributed by atoms with Crippen LogP contribution in [0, 0.1) is 11.7 Å². The minimum absolute atomic E-state index is 0.0239. The minimum Gasteiger partial charge on any atom is -0.481 e. The van der Waals surface area contributed by atoms with Crippen LogP contribution in [0.5, 0.6) is 5.88 Å². The highest BCUT2D eigenvalue weighted by molar-refractivity contribution is 5.94. The lowest BCUT2D eigenvalue weighted by Gasteiger charge is -2.38. The summed E-state index contributed by atoms with van der Waals surface area (Å²) in [6.45, 7) is 2.01. The Morgan fingerprint density at radius 1 is 1.10 bits per heavy atom. The van der Waals surface area contributed by atoms with E-state index < -0.39 is 5.82 Å². The van der Waals surface area contributed by atoms with Crippen molar-refractivity contribution in [2.75, 3.05) is 7.11 Å². The molecule has 5 atom stereocenters. The minimum atomic E-state index is -0.542. The number of H-pyrrole nitrogens is 1. The summed E-state index contributed by atoms with van der Waals surface area (Å²) in [4.78, 5) is 44.4. The van der Waals surface area contributed by atoms with Crippen molar-refractivity contribution in [1.82, 2.24) is 30.7 Å². The van der Waals surface area contributed by atoms with Gasteiger partial charge in [0.2, 0.25) is 17.7 Å². The van der Waals surface area contributed by atoms with E-state index in [1.54, 1.807) is 6.07 Å². The predicted molar refractivity (Wildman–Crippen MR) is 141 cm³/mol. The third-order valence-corrected chi connectivity index (χ3v) is 8.37. The van der Waals surface area contributed by atoms with E-state index in [1.165, 1.54) is 13.2 Å². The van der Waals surface area contributed by atoms with Crippen molar-refractivity contribution in [2.24, 2.45) is 5.92 Å². The lowest BCUT2D eigenvalue weighted by molar-refractivity contribution is -0.128. The number of piperidine rings is 1. The van der Waals surface area contributed by atoms with Gasteiger partial charge in [-0.2, -0.15) is 5.10 Å². The molecule has 2 aromatic rings. The van der Waals surface area contributed by atoms with Gasteiger partial charge in [0.05, 0.1) is 19.0 Å². The first-order chi connectivity index (χ1) is 18.8. The second-order valence-electron chi connectivity index (χ2n) is 11.1. The Morgan fingerprint density at radius 2 is 1.87 bits per heavy atom. The summed E-state index contributed by atoms with van der Waals surface area (Å²) < 4.78 is 19.5. The molecule has 0 spiro atoms. The molecule has 3 aliphatic heterocycles. The number of halogens is 1. The molecule has 5 heterocycles. The number of aromatic nitrogens is 3. The Morgan fingerprint density at radius 3 is 2.62 bits per heavy atom. The monoisotopic (exact) mass is 540 g/mol. The van der Waals surface area contributed by atoms with Crippen LogP contribution < -0.4 is 15.4 Å². The number of carbonyl (C=O) groups is 3. The summed E-state index contributed by atoms with van der Waals surface area (Å²) in [5.74, 6) is -0.431. The van der Waals surface area contributed by atoms with Crippen molar-refractivity contribution in [3.63, 3.8) is 0 Å². The predicted octanol–water partition coefficient (Wildman–Crippen LogP) is 3.35. The molecule has 3 aliphatic rings. The van der Waals surface area contributed by atoms with Gasteiger partial charge in [-0.3, -0.25) is 19.5 Å². The summed E-state index contributed by atoms with van der Waals surface area (Å²) >= 11 is 0. The lowest BCUT2D eigenvalue weighted by atomic mass is 9.89. The number of hydrogen-bond acceptors (Lipinski definition) is 6. The number of hydrogen-bond donors (Lipinski definition) is 3. The number of carbonyl (C=O) groups excluding carboxylic acids is 3. The van der Waals surface area contributed by atoms with Gasteiger partial charge in [0.1, 0.15) is 0 Å². The van der Waals surface area contributed by atoms with E-state index in [2.05, 4.69) is 25.8 Å². The fourth-order valence-electron chi connectivity index (χ4n) is 6.32. The van der Waals surface area contributed by atoms with E-state index >= 15 is 0 Å². The highest BCUT2D eigenvalue weighted by Gasteiger charge is 2.46. The second-order valence-corrected chi connectivity index (χ2v) is 11.1. The number of aromatic amines is 1. The average molecular weight is 541 g/mol. The highest BCUT2D eigenvalue weighted by Crippen LogP contribution is 2.40. The first-order valence-electron chi connectivity index (χ1n) is 14.0. The van der Waals surface area contributed by atoms with Crippen LogP contribution >= 0.6 is 0 Å². The van der Waals surface area contributed by atoms with Crippen LogP contribution in [0.25, 0.3) is 11.3 Å².